The fourth-order valence-corrected chi connectivity index (χ4v) is 2.65. The lowest BCUT2D eigenvalue weighted by Gasteiger charge is -2.11. The quantitative estimate of drug-likeness (QED) is 0.681. The van der Waals surface area contributed by atoms with Gasteiger partial charge in [-0.3, -0.25) is 0 Å². The largest absolute Gasteiger partial charge is 0.463 e. The highest BCUT2D eigenvalue weighted by atomic mass is 16.5. The van der Waals surface area contributed by atoms with Gasteiger partial charge in [-0.25, -0.2) is 4.68 Å². The Bertz CT molecular complexity index is 857. The second kappa shape index (κ2) is 8.01. The van der Waals surface area contributed by atoms with Crippen molar-refractivity contribution in [3.63, 3.8) is 0 Å². The van der Waals surface area contributed by atoms with Crippen LogP contribution in [0.15, 0.2) is 48.5 Å². The number of hydrogen-bond donors (Lipinski definition) is 2. The van der Waals surface area contributed by atoms with Gasteiger partial charge in [0.05, 0.1) is 18.4 Å². The zero-order valence-electron chi connectivity index (χ0n) is 15.3. The van der Waals surface area contributed by atoms with Gasteiger partial charge in [0.25, 0.3) is 0 Å². The highest BCUT2D eigenvalue weighted by Gasteiger charge is 2.16. The van der Waals surface area contributed by atoms with Crippen molar-refractivity contribution in [1.29, 1.82) is 0 Å². The van der Waals surface area contributed by atoms with Crippen molar-refractivity contribution in [1.82, 2.24) is 14.8 Å². The van der Waals surface area contributed by atoms with E-state index in [1.807, 2.05) is 49.4 Å². The van der Waals surface area contributed by atoms with E-state index in [1.165, 1.54) is 0 Å². The Hall–Kier alpha value is -2.86. The first-order valence-corrected chi connectivity index (χ1v) is 8.76. The number of rotatable bonds is 7. The maximum Gasteiger partial charge on any atom is 0.336 e. The molecule has 0 amide bonds. The molecule has 6 heteroatoms. The van der Waals surface area contributed by atoms with Crippen molar-refractivity contribution < 1.29 is 9.84 Å². The molecule has 136 valence electrons. The van der Waals surface area contributed by atoms with Gasteiger partial charge in [-0.2, -0.15) is 4.98 Å². The van der Waals surface area contributed by atoms with Gasteiger partial charge in [-0.15, -0.1) is 5.10 Å². The zero-order chi connectivity index (χ0) is 18.5. The number of nitrogens with one attached hydrogen (secondary N) is 1. The molecule has 1 atom stereocenters. The van der Waals surface area contributed by atoms with Crippen molar-refractivity contribution >= 4 is 5.69 Å². The average molecular weight is 352 g/mol. The molecule has 0 aliphatic rings. The Morgan fingerprint density at radius 1 is 1.15 bits per heavy atom. The molecule has 2 N–H and O–H groups in total. The SMILES string of the molecule is CCOc1nc(-c2ccccc2C)n(-c2ccc(NCC(C)O)cc2)n1. The number of aromatic nitrogens is 3. The van der Waals surface area contributed by atoms with Crippen molar-refractivity contribution in [3.8, 4) is 23.1 Å². The summed E-state index contributed by atoms with van der Waals surface area (Å²) in [5.41, 5.74) is 3.98. The molecule has 0 radical (unpaired) electrons. The summed E-state index contributed by atoms with van der Waals surface area (Å²) >= 11 is 0. The third-order valence-corrected chi connectivity index (χ3v) is 3.96. The summed E-state index contributed by atoms with van der Waals surface area (Å²) < 4.78 is 7.31. The van der Waals surface area contributed by atoms with Crippen LogP contribution < -0.4 is 10.1 Å². The van der Waals surface area contributed by atoms with E-state index in [4.69, 9.17) is 4.74 Å². The number of aryl methyl sites for hydroxylation is 1. The van der Waals surface area contributed by atoms with Crippen LogP contribution in [-0.2, 0) is 0 Å². The fourth-order valence-electron chi connectivity index (χ4n) is 2.65. The van der Waals surface area contributed by atoms with E-state index in [0.717, 1.165) is 28.3 Å². The molecule has 0 fully saturated rings. The number of anilines is 1. The molecule has 26 heavy (non-hydrogen) atoms. The topological polar surface area (TPSA) is 72.2 Å². The summed E-state index contributed by atoms with van der Waals surface area (Å²) in [5.74, 6) is 0.747. The molecular weight excluding hydrogens is 328 g/mol. The maximum atomic E-state index is 9.39. The molecule has 2 aromatic carbocycles. The highest BCUT2D eigenvalue weighted by Crippen LogP contribution is 2.26. The predicted octanol–water partition coefficient (Wildman–Crippen LogP) is 3.43. The van der Waals surface area contributed by atoms with Gasteiger partial charge in [-0.05, 0) is 50.6 Å². The monoisotopic (exact) mass is 352 g/mol. The fraction of sp³-hybridized carbons (Fsp3) is 0.300. The normalized spacial score (nSPS) is 12.0. The number of hydrogen-bond acceptors (Lipinski definition) is 5. The summed E-state index contributed by atoms with van der Waals surface area (Å²) in [6, 6.07) is 16.3. The van der Waals surface area contributed by atoms with E-state index in [0.29, 0.717) is 19.2 Å². The Morgan fingerprint density at radius 2 is 1.88 bits per heavy atom. The van der Waals surface area contributed by atoms with Crippen molar-refractivity contribution in [2.45, 2.75) is 26.9 Å². The number of ether oxygens (including phenoxy) is 1. The highest BCUT2D eigenvalue weighted by molar-refractivity contribution is 5.63. The molecule has 1 unspecified atom stereocenters. The first-order valence-electron chi connectivity index (χ1n) is 8.76. The summed E-state index contributed by atoms with van der Waals surface area (Å²) in [6.07, 6.45) is -0.397. The molecule has 0 bridgehead atoms. The van der Waals surface area contributed by atoms with Crippen LogP contribution in [-0.4, -0.2) is 39.1 Å². The van der Waals surface area contributed by atoms with Crippen LogP contribution in [0.1, 0.15) is 19.4 Å². The van der Waals surface area contributed by atoms with Gasteiger partial charge in [0.2, 0.25) is 0 Å². The van der Waals surface area contributed by atoms with Gasteiger partial charge >= 0.3 is 6.01 Å². The van der Waals surface area contributed by atoms with Crippen LogP contribution in [0.2, 0.25) is 0 Å². The molecule has 0 aliphatic carbocycles. The molecule has 0 saturated carbocycles. The van der Waals surface area contributed by atoms with E-state index in [2.05, 4.69) is 28.4 Å². The average Bonchev–Trinajstić information content (AvgIpc) is 3.05. The van der Waals surface area contributed by atoms with E-state index in [9.17, 15) is 5.11 Å². The van der Waals surface area contributed by atoms with Crippen LogP contribution >= 0.6 is 0 Å². The summed E-state index contributed by atoms with van der Waals surface area (Å²) in [6.45, 7) is 6.74. The van der Waals surface area contributed by atoms with E-state index >= 15 is 0 Å². The lowest BCUT2D eigenvalue weighted by molar-refractivity contribution is 0.208. The smallest absolute Gasteiger partial charge is 0.336 e. The summed E-state index contributed by atoms with van der Waals surface area (Å²) in [4.78, 5) is 4.57. The Kier molecular flexibility index (Phi) is 5.53. The van der Waals surface area contributed by atoms with Crippen molar-refractivity contribution in [2.75, 3.05) is 18.5 Å². The Balaban J connectivity index is 1.97. The van der Waals surface area contributed by atoms with E-state index in [1.54, 1.807) is 11.6 Å². The molecule has 3 aromatic rings. The minimum absolute atomic E-state index is 0.363. The number of nitrogens with zero attached hydrogens (tertiary/aromatic N) is 3. The Morgan fingerprint density at radius 3 is 2.54 bits per heavy atom. The van der Waals surface area contributed by atoms with Gasteiger partial charge < -0.3 is 15.2 Å². The minimum Gasteiger partial charge on any atom is -0.463 e. The Labute approximate surface area is 153 Å². The summed E-state index contributed by atoms with van der Waals surface area (Å²) in [5, 5.41) is 17.1. The molecule has 3 rings (SSSR count). The number of aliphatic hydroxyl groups is 1. The number of benzene rings is 2. The molecule has 0 saturated heterocycles. The molecule has 1 aromatic heterocycles. The van der Waals surface area contributed by atoms with Crippen LogP contribution in [0.4, 0.5) is 5.69 Å². The second-order valence-corrected chi connectivity index (χ2v) is 6.15. The molecule has 0 aliphatic heterocycles. The van der Waals surface area contributed by atoms with Crippen LogP contribution in [0, 0.1) is 6.92 Å². The first-order chi connectivity index (χ1) is 12.6. The standard InChI is InChI=1S/C20H24N4O2/c1-4-26-20-22-19(18-8-6-5-7-14(18)2)24(23-20)17-11-9-16(10-12-17)21-13-15(3)25/h5-12,15,21,25H,4,13H2,1-3H3. The van der Waals surface area contributed by atoms with Crippen molar-refractivity contribution in [2.24, 2.45) is 0 Å². The van der Waals surface area contributed by atoms with Crippen LogP contribution in [0.5, 0.6) is 6.01 Å². The maximum absolute atomic E-state index is 9.39. The van der Waals surface area contributed by atoms with Crippen LogP contribution in [0.25, 0.3) is 17.1 Å². The molecule has 6 nitrogen and oxygen atoms in total. The number of aliphatic hydroxyl groups excluding tert-OH is 1. The molecular formula is C20H24N4O2. The van der Waals surface area contributed by atoms with Gasteiger partial charge in [0.15, 0.2) is 5.82 Å². The van der Waals surface area contributed by atoms with Gasteiger partial charge in [-0.1, -0.05) is 24.3 Å². The third-order valence-electron chi connectivity index (χ3n) is 3.96. The van der Waals surface area contributed by atoms with E-state index in [-0.39, 0.29) is 0 Å². The zero-order valence-corrected chi connectivity index (χ0v) is 15.3. The van der Waals surface area contributed by atoms with Crippen LogP contribution in [0.3, 0.4) is 0 Å². The molecule has 1 heterocycles. The lowest BCUT2D eigenvalue weighted by Crippen LogP contribution is -2.15. The molecule has 0 spiro atoms. The lowest BCUT2D eigenvalue weighted by atomic mass is 10.1. The summed E-state index contributed by atoms with van der Waals surface area (Å²) in [7, 11) is 0. The van der Waals surface area contributed by atoms with Gasteiger partial charge in [0, 0.05) is 17.8 Å². The van der Waals surface area contributed by atoms with E-state index < -0.39 is 6.10 Å². The van der Waals surface area contributed by atoms with Gasteiger partial charge in [0.1, 0.15) is 0 Å². The minimum atomic E-state index is -0.397. The van der Waals surface area contributed by atoms with Crippen molar-refractivity contribution in [3.05, 3.63) is 54.1 Å². The third kappa shape index (κ3) is 4.03. The first kappa shape index (κ1) is 17.9. The second-order valence-electron chi connectivity index (χ2n) is 6.15. The predicted molar refractivity (Wildman–Crippen MR) is 103 cm³/mol.